The Hall–Kier alpha value is -2.76. The highest BCUT2D eigenvalue weighted by Gasteiger charge is 2.51. The van der Waals surface area contributed by atoms with Gasteiger partial charge in [0.2, 0.25) is 0 Å². The van der Waals surface area contributed by atoms with E-state index in [1.165, 1.54) is 4.31 Å². The first-order chi connectivity index (χ1) is 17.8. The van der Waals surface area contributed by atoms with Crippen molar-refractivity contribution in [2.24, 2.45) is 5.92 Å². The van der Waals surface area contributed by atoms with E-state index in [1.807, 2.05) is 12.1 Å². The van der Waals surface area contributed by atoms with E-state index in [-0.39, 0.29) is 30.2 Å². The molecule has 6 heterocycles. The Balaban J connectivity index is 1.23. The molecule has 2 aromatic heterocycles. The molecule has 0 radical (unpaired) electrons. The van der Waals surface area contributed by atoms with Gasteiger partial charge in [0, 0.05) is 48.7 Å². The van der Waals surface area contributed by atoms with Crippen LogP contribution in [-0.2, 0) is 10.2 Å². The quantitative estimate of drug-likeness (QED) is 0.416. The summed E-state index contributed by atoms with van der Waals surface area (Å²) in [6.45, 7) is 2.71. The van der Waals surface area contributed by atoms with Gasteiger partial charge in [-0.3, -0.25) is 10.4 Å². The molecule has 4 fully saturated rings. The van der Waals surface area contributed by atoms with Crippen molar-refractivity contribution in [2.75, 3.05) is 30.8 Å². The molecule has 5 atom stereocenters. The molecule has 2 bridgehead atoms. The maximum atomic E-state index is 13.3. The predicted octanol–water partition coefficient (Wildman–Crippen LogP) is 1.37. The van der Waals surface area contributed by atoms with E-state index in [9.17, 15) is 8.42 Å². The lowest BCUT2D eigenvalue weighted by molar-refractivity contribution is 0.182. The summed E-state index contributed by atoms with van der Waals surface area (Å²) in [6.07, 6.45) is 5.77. The normalized spacial score (nSPS) is 30.7. The molecule has 0 aliphatic carbocycles. The highest BCUT2D eigenvalue weighted by atomic mass is 32.2. The first kappa shape index (κ1) is 24.6. The molecule has 0 saturated carbocycles. The number of piperidine rings is 1. The van der Waals surface area contributed by atoms with Crippen molar-refractivity contribution in [3.63, 3.8) is 0 Å². The summed E-state index contributed by atoms with van der Waals surface area (Å²) in [5.41, 5.74) is 7.25. The number of rotatable bonds is 7. The summed E-state index contributed by atoms with van der Waals surface area (Å²) >= 11 is 0. The van der Waals surface area contributed by atoms with Gasteiger partial charge in [-0.15, -0.1) is 0 Å². The van der Waals surface area contributed by atoms with Crippen LogP contribution in [0.25, 0.3) is 10.9 Å². The Bertz CT molecular complexity index is 1310. The van der Waals surface area contributed by atoms with E-state index >= 15 is 0 Å². The molecule has 4 N–H and O–H groups in total. The minimum atomic E-state index is -3.55. The molecule has 0 amide bonds. The van der Waals surface area contributed by atoms with Gasteiger partial charge < -0.3 is 15.4 Å². The van der Waals surface area contributed by atoms with Crippen LogP contribution < -0.4 is 26.2 Å². The monoisotopic (exact) mass is 527 g/mol. The molecule has 0 aromatic carbocycles. The minimum Gasteiger partial charge on any atom is -0.495 e. The predicted molar refractivity (Wildman–Crippen MR) is 139 cm³/mol. The zero-order valence-corrected chi connectivity index (χ0v) is 21.8. The van der Waals surface area contributed by atoms with Gasteiger partial charge in [0.1, 0.15) is 17.4 Å². The summed E-state index contributed by atoms with van der Waals surface area (Å²) in [7, 11) is -1.93. The second-order valence-corrected chi connectivity index (χ2v) is 12.4. The summed E-state index contributed by atoms with van der Waals surface area (Å²) in [5.74, 6) is 1.88. The van der Waals surface area contributed by atoms with Crippen LogP contribution in [0.15, 0.2) is 18.3 Å². The van der Waals surface area contributed by atoms with Crippen LogP contribution in [-0.4, -0.2) is 77.5 Å². The van der Waals surface area contributed by atoms with Gasteiger partial charge in [-0.1, -0.05) is 0 Å². The van der Waals surface area contributed by atoms with Crippen molar-refractivity contribution >= 4 is 32.7 Å². The SMILES string of the molecule is COc1cnc2cc(NC3CC(C)NN3)nc(NC3C[C@H]4CC[C@@H](C3)N4S(=O)(=O)N3CC(C#N)C3)c2c1. The van der Waals surface area contributed by atoms with Crippen molar-refractivity contribution < 1.29 is 13.2 Å². The van der Waals surface area contributed by atoms with E-state index in [1.54, 1.807) is 17.6 Å². The van der Waals surface area contributed by atoms with Gasteiger partial charge in [0.05, 0.1) is 37.0 Å². The number of nitriles is 1. The average Bonchev–Trinajstić information content (AvgIpc) is 3.38. The molecule has 2 aromatic rings. The standard InChI is InChI=1S/C24H33N9O3S/c1-14-5-23(31-30-14)28-22-9-21-20(8-19(36-2)11-26-21)24(29-22)27-16-6-17-3-4-18(7-16)33(17)37(34,35)32-12-15(10-25)13-32/h8-9,11,14-18,23,30-31H,3-7,12-13H2,1-2H3,(H2,27,28,29)/t14?,16?,17-,18+,23?. The van der Waals surface area contributed by atoms with Crippen LogP contribution in [0, 0.1) is 17.2 Å². The molecule has 13 heteroatoms. The van der Waals surface area contributed by atoms with E-state index in [2.05, 4.69) is 39.5 Å². The Morgan fingerprint density at radius 3 is 2.54 bits per heavy atom. The lowest BCUT2D eigenvalue weighted by Crippen LogP contribution is -2.59. The summed E-state index contributed by atoms with van der Waals surface area (Å²) in [5, 5.41) is 17.0. The maximum absolute atomic E-state index is 13.3. The van der Waals surface area contributed by atoms with Crippen LogP contribution in [0.2, 0.25) is 0 Å². The molecule has 6 rings (SSSR count). The molecular weight excluding hydrogens is 494 g/mol. The molecule has 37 heavy (non-hydrogen) atoms. The zero-order valence-electron chi connectivity index (χ0n) is 21.0. The van der Waals surface area contributed by atoms with E-state index in [4.69, 9.17) is 15.0 Å². The summed E-state index contributed by atoms with van der Waals surface area (Å²) in [6, 6.07) is 6.35. The van der Waals surface area contributed by atoms with Gasteiger partial charge in [0.25, 0.3) is 10.2 Å². The number of hydrazine groups is 1. The first-order valence-corrected chi connectivity index (χ1v) is 14.3. The largest absolute Gasteiger partial charge is 0.495 e. The Morgan fingerprint density at radius 1 is 1.14 bits per heavy atom. The summed E-state index contributed by atoms with van der Waals surface area (Å²) in [4.78, 5) is 9.50. The van der Waals surface area contributed by atoms with E-state index < -0.39 is 10.2 Å². The van der Waals surface area contributed by atoms with Gasteiger partial charge in [-0.05, 0) is 45.1 Å². The second kappa shape index (κ2) is 9.52. The minimum absolute atomic E-state index is 0.0532. The first-order valence-electron chi connectivity index (χ1n) is 12.9. The molecule has 4 aliphatic heterocycles. The third-order valence-corrected chi connectivity index (χ3v) is 10.0. The molecule has 0 spiro atoms. The number of nitrogens with one attached hydrogen (secondary N) is 4. The number of ether oxygens (including phenoxy) is 1. The number of pyridine rings is 2. The number of anilines is 2. The van der Waals surface area contributed by atoms with Gasteiger partial charge in [-0.2, -0.15) is 22.3 Å². The summed E-state index contributed by atoms with van der Waals surface area (Å²) < 4.78 is 35.2. The molecule has 4 saturated heterocycles. The Kier molecular flexibility index (Phi) is 6.32. The van der Waals surface area contributed by atoms with Crippen LogP contribution in [0.3, 0.4) is 0 Å². The fourth-order valence-corrected chi connectivity index (χ4v) is 8.19. The number of nitrogens with zero attached hydrogens (tertiary/aromatic N) is 5. The van der Waals surface area contributed by atoms with Crippen molar-refractivity contribution in [2.45, 2.75) is 69.4 Å². The lowest BCUT2D eigenvalue weighted by atomic mass is 9.99. The zero-order chi connectivity index (χ0) is 25.7. The van der Waals surface area contributed by atoms with Crippen molar-refractivity contribution in [3.05, 3.63) is 18.3 Å². The Morgan fingerprint density at radius 2 is 1.89 bits per heavy atom. The van der Waals surface area contributed by atoms with Crippen LogP contribution in [0.4, 0.5) is 11.6 Å². The smallest absolute Gasteiger partial charge is 0.282 e. The molecule has 4 aliphatic rings. The molecule has 3 unspecified atom stereocenters. The highest BCUT2D eigenvalue weighted by molar-refractivity contribution is 7.86. The van der Waals surface area contributed by atoms with E-state index in [0.717, 1.165) is 30.2 Å². The topological polar surface area (TPSA) is 148 Å². The number of hydrogen-bond donors (Lipinski definition) is 4. The average molecular weight is 528 g/mol. The van der Waals surface area contributed by atoms with Gasteiger partial charge in [0.15, 0.2) is 0 Å². The Labute approximate surface area is 216 Å². The number of methoxy groups -OCH3 is 1. The number of aromatic nitrogens is 2. The van der Waals surface area contributed by atoms with Crippen LogP contribution in [0.1, 0.15) is 39.0 Å². The third-order valence-electron chi connectivity index (χ3n) is 7.94. The van der Waals surface area contributed by atoms with Crippen LogP contribution >= 0.6 is 0 Å². The van der Waals surface area contributed by atoms with E-state index in [0.29, 0.717) is 49.4 Å². The fraction of sp³-hybridized carbons (Fsp3) is 0.625. The number of hydrogen-bond acceptors (Lipinski definition) is 10. The van der Waals surface area contributed by atoms with Crippen molar-refractivity contribution in [1.82, 2.24) is 29.4 Å². The van der Waals surface area contributed by atoms with Crippen molar-refractivity contribution in [1.29, 1.82) is 5.26 Å². The number of fused-ring (bicyclic) bond motifs is 3. The third kappa shape index (κ3) is 4.57. The lowest BCUT2D eigenvalue weighted by Gasteiger charge is -2.44. The molecule has 12 nitrogen and oxygen atoms in total. The van der Waals surface area contributed by atoms with Gasteiger partial charge >= 0.3 is 0 Å². The molecular formula is C24H33N9O3S. The van der Waals surface area contributed by atoms with Crippen LogP contribution in [0.5, 0.6) is 5.75 Å². The fourth-order valence-electron chi connectivity index (χ4n) is 6.05. The highest BCUT2D eigenvalue weighted by Crippen LogP contribution is 2.41. The maximum Gasteiger partial charge on any atom is 0.282 e. The van der Waals surface area contributed by atoms with Gasteiger partial charge in [-0.25, -0.2) is 10.4 Å². The second-order valence-electron chi connectivity index (χ2n) is 10.6. The molecule has 198 valence electrons. The van der Waals surface area contributed by atoms with Crippen molar-refractivity contribution in [3.8, 4) is 11.8 Å².